The summed E-state index contributed by atoms with van der Waals surface area (Å²) >= 11 is 0. The Bertz CT molecular complexity index is 332. The highest BCUT2D eigenvalue weighted by Crippen LogP contribution is 2.41. The number of nitrogens with zero attached hydrogens (tertiary/aromatic N) is 2. The molecule has 0 aromatic rings. The van der Waals surface area contributed by atoms with Gasteiger partial charge in [0.25, 0.3) is 10.2 Å². The molecule has 0 aromatic heterocycles. The maximum absolute atomic E-state index is 10.9. The van der Waals surface area contributed by atoms with Crippen LogP contribution in [0, 0.1) is 0 Å². The fraction of sp³-hybridized carbons (Fsp3) is 0.800. The van der Waals surface area contributed by atoms with Crippen LogP contribution in [0.4, 0.5) is 0 Å². The van der Waals surface area contributed by atoms with Gasteiger partial charge in [0.15, 0.2) is 5.84 Å². The van der Waals surface area contributed by atoms with Gasteiger partial charge in [0, 0.05) is 7.05 Å². The summed E-state index contributed by atoms with van der Waals surface area (Å²) in [6, 6.07) is 0. The Morgan fingerprint density at radius 2 is 2.08 bits per heavy atom. The van der Waals surface area contributed by atoms with Crippen LogP contribution in [0.1, 0.15) is 12.8 Å². The van der Waals surface area contributed by atoms with Crippen LogP contribution < -0.4 is 10.9 Å². The number of amidine groups is 1. The van der Waals surface area contributed by atoms with Crippen LogP contribution in [-0.4, -0.2) is 36.4 Å². The third-order valence-electron chi connectivity index (χ3n) is 2.29. The Kier molecular flexibility index (Phi) is 2.22. The number of hydrogen-bond donors (Lipinski definition) is 3. The number of oxime groups is 1. The van der Waals surface area contributed by atoms with Gasteiger partial charge in [-0.2, -0.15) is 12.7 Å². The lowest BCUT2D eigenvalue weighted by molar-refractivity contribution is 0.308. The van der Waals surface area contributed by atoms with Crippen molar-refractivity contribution in [3.8, 4) is 0 Å². The van der Waals surface area contributed by atoms with Crippen molar-refractivity contribution in [2.45, 2.75) is 18.4 Å². The predicted octanol–water partition coefficient (Wildman–Crippen LogP) is -1.60. The molecule has 0 spiro atoms. The van der Waals surface area contributed by atoms with Crippen LogP contribution in [0.5, 0.6) is 0 Å². The zero-order chi connectivity index (χ0) is 10.3. The zero-order valence-electron chi connectivity index (χ0n) is 7.14. The van der Waals surface area contributed by atoms with Gasteiger partial charge < -0.3 is 10.9 Å². The van der Waals surface area contributed by atoms with Crippen molar-refractivity contribution in [2.24, 2.45) is 16.0 Å². The Hall–Kier alpha value is -0.860. The largest absolute Gasteiger partial charge is 0.409 e. The van der Waals surface area contributed by atoms with Crippen LogP contribution in [-0.2, 0) is 10.2 Å². The first kappa shape index (κ1) is 10.2. The SMILES string of the molecule is CN(C1(/C(N)=N/O)CC1)S(N)(=O)=O. The molecule has 5 N–H and O–H groups in total. The highest BCUT2D eigenvalue weighted by atomic mass is 32.2. The normalized spacial score (nSPS) is 21.9. The fourth-order valence-corrected chi connectivity index (χ4v) is 1.95. The minimum Gasteiger partial charge on any atom is -0.409 e. The summed E-state index contributed by atoms with van der Waals surface area (Å²) in [5.41, 5.74) is 4.45. The van der Waals surface area contributed by atoms with Gasteiger partial charge in [-0.25, -0.2) is 5.14 Å². The van der Waals surface area contributed by atoms with E-state index in [9.17, 15) is 8.42 Å². The van der Waals surface area contributed by atoms with Crippen LogP contribution in [0.25, 0.3) is 0 Å². The summed E-state index contributed by atoms with van der Waals surface area (Å²) in [6.07, 6.45) is 1.05. The summed E-state index contributed by atoms with van der Waals surface area (Å²) in [4.78, 5) is 0. The van der Waals surface area contributed by atoms with Gasteiger partial charge in [0.05, 0.1) is 5.54 Å². The number of rotatable bonds is 3. The van der Waals surface area contributed by atoms with Crippen LogP contribution >= 0.6 is 0 Å². The first-order valence-corrected chi connectivity index (χ1v) is 5.10. The van der Waals surface area contributed by atoms with Crippen molar-refractivity contribution < 1.29 is 13.6 Å². The van der Waals surface area contributed by atoms with Gasteiger partial charge in [-0.3, -0.25) is 0 Å². The van der Waals surface area contributed by atoms with E-state index >= 15 is 0 Å². The number of likely N-dealkylation sites (N-methyl/N-ethyl adjacent to an activating group) is 1. The molecule has 8 heteroatoms. The maximum atomic E-state index is 10.9. The summed E-state index contributed by atoms with van der Waals surface area (Å²) in [5.74, 6) is -0.121. The molecule has 7 nitrogen and oxygen atoms in total. The van der Waals surface area contributed by atoms with E-state index in [0.717, 1.165) is 4.31 Å². The second kappa shape index (κ2) is 2.82. The van der Waals surface area contributed by atoms with E-state index in [1.807, 2.05) is 0 Å². The minimum absolute atomic E-state index is 0.121. The Labute approximate surface area is 76.2 Å². The zero-order valence-corrected chi connectivity index (χ0v) is 7.95. The molecule has 1 aliphatic rings. The van der Waals surface area contributed by atoms with E-state index in [4.69, 9.17) is 16.1 Å². The maximum Gasteiger partial charge on any atom is 0.277 e. The molecule has 0 heterocycles. The fourth-order valence-electron chi connectivity index (χ4n) is 1.19. The second-order valence-corrected chi connectivity index (χ2v) is 4.61. The van der Waals surface area contributed by atoms with Gasteiger partial charge in [-0.1, -0.05) is 5.16 Å². The molecular formula is C5H12N4O3S. The van der Waals surface area contributed by atoms with E-state index in [0.29, 0.717) is 12.8 Å². The van der Waals surface area contributed by atoms with E-state index in [1.165, 1.54) is 7.05 Å². The first-order chi connectivity index (χ1) is 5.84. The smallest absolute Gasteiger partial charge is 0.277 e. The van der Waals surface area contributed by atoms with E-state index < -0.39 is 15.7 Å². The molecule has 1 fully saturated rings. The average Bonchev–Trinajstić information content (AvgIpc) is 2.80. The van der Waals surface area contributed by atoms with Gasteiger partial charge in [-0.05, 0) is 12.8 Å². The molecule has 76 valence electrons. The molecule has 1 rings (SSSR count). The van der Waals surface area contributed by atoms with E-state index in [-0.39, 0.29) is 5.84 Å². The Balaban J connectivity index is 2.96. The molecule has 0 saturated heterocycles. The lowest BCUT2D eigenvalue weighted by atomic mass is 10.2. The molecule has 1 aliphatic carbocycles. The minimum atomic E-state index is -3.79. The van der Waals surface area contributed by atoms with Gasteiger partial charge >= 0.3 is 0 Å². The van der Waals surface area contributed by atoms with Crippen molar-refractivity contribution in [3.63, 3.8) is 0 Å². The quantitative estimate of drug-likeness (QED) is 0.224. The molecule has 0 amide bonds. The molecule has 0 aliphatic heterocycles. The highest BCUT2D eigenvalue weighted by Gasteiger charge is 2.54. The molecule has 1 saturated carbocycles. The Morgan fingerprint density at radius 1 is 1.62 bits per heavy atom. The van der Waals surface area contributed by atoms with Crippen LogP contribution in [0.3, 0.4) is 0 Å². The van der Waals surface area contributed by atoms with Crippen LogP contribution in [0.15, 0.2) is 5.16 Å². The van der Waals surface area contributed by atoms with E-state index in [2.05, 4.69) is 5.16 Å². The molecule has 0 unspecified atom stereocenters. The lowest BCUT2D eigenvalue weighted by Gasteiger charge is -2.23. The standard InChI is InChI=1S/C5H12N4O3S/c1-9(13(7,11)12)5(2-3-5)4(6)8-10/h10H,2-3H2,1H3,(H2,6,8)(H2,7,11,12). The van der Waals surface area contributed by atoms with Crippen molar-refractivity contribution in [3.05, 3.63) is 0 Å². The van der Waals surface area contributed by atoms with Crippen molar-refractivity contribution in [2.75, 3.05) is 7.05 Å². The second-order valence-electron chi connectivity index (χ2n) is 3.03. The summed E-state index contributed by atoms with van der Waals surface area (Å²) < 4.78 is 22.8. The average molecular weight is 208 g/mol. The highest BCUT2D eigenvalue weighted by molar-refractivity contribution is 7.86. The predicted molar refractivity (Wildman–Crippen MR) is 46.2 cm³/mol. The number of nitrogens with two attached hydrogens (primary N) is 2. The lowest BCUT2D eigenvalue weighted by Crippen LogP contribution is -2.50. The topological polar surface area (TPSA) is 122 Å². The third-order valence-corrected chi connectivity index (χ3v) is 3.41. The summed E-state index contributed by atoms with van der Waals surface area (Å²) in [5, 5.41) is 16.1. The summed E-state index contributed by atoms with van der Waals surface area (Å²) in [6.45, 7) is 0. The summed E-state index contributed by atoms with van der Waals surface area (Å²) in [7, 11) is -2.49. The van der Waals surface area contributed by atoms with E-state index in [1.54, 1.807) is 0 Å². The molecule has 0 bridgehead atoms. The molecule has 13 heavy (non-hydrogen) atoms. The van der Waals surface area contributed by atoms with Crippen LogP contribution in [0.2, 0.25) is 0 Å². The first-order valence-electron chi connectivity index (χ1n) is 3.59. The molecule has 0 atom stereocenters. The number of hydrogen-bond acceptors (Lipinski definition) is 4. The molecular weight excluding hydrogens is 196 g/mol. The molecule has 0 aromatic carbocycles. The van der Waals surface area contributed by atoms with Crippen molar-refractivity contribution >= 4 is 16.0 Å². The van der Waals surface area contributed by atoms with Gasteiger partial charge in [0.1, 0.15) is 0 Å². The van der Waals surface area contributed by atoms with Gasteiger partial charge in [-0.15, -0.1) is 0 Å². The van der Waals surface area contributed by atoms with Crippen molar-refractivity contribution in [1.29, 1.82) is 0 Å². The third kappa shape index (κ3) is 1.60. The van der Waals surface area contributed by atoms with Crippen molar-refractivity contribution in [1.82, 2.24) is 4.31 Å². The monoisotopic (exact) mass is 208 g/mol. The Morgan fingerprint density at radius 3 is 2.31 bits per heavy atom. The molecule has 0 radical (unpaired) electrons. The van der Waals surface area contributed by atoms with Gasteiger partial charge in [0.2, 0.25) is 0 Å².